The van der Waals surface area contributed by atoms with E-state index in [1.165, 1.54) is 70.6 Å². The van der Waals surface area contributed by atoms with Crippen molar-refractivity contribution < 1.29 is 52.2 Å². The van der Waals surface area contributed by atoms with Crippen molar-refractivity contribution in [1.82, 2.24) is 0 Å². The van der Waals surface area contributed by atoms with Crippen molar-refractivity contribution >= 4 is 25.7 Å². The van der Waals surface area contributed by atoms with Gasteiger partial charge in [0.1, 0.15) is 12.7 Å². The lowest BCUT2D eigenvalue weighted by Crippen LogP contribution is -2.30. The average Bonchev–Trinajstić information content (AvgIpc) is 3.28. The normalized spacial score (nSPS) is 14.0. The number of esters is 3. The molecule has 0 aromatic heterocycles. The Morgan fingerprint density at radius 3 is 1.34 bits per heavy atom. The molecule has 2 N–H and O–H groups in total. The lowest BCUT2D eigenvalue weighted by molar-refractivity contribution is -0.161. The van der Waals surface area contributed by atoms with Gasteiger partial charge in [-0.05, 0) is 70.6 Å². The maximum absolute atomic E-state index is 12.8. The third-order valence-electron chi connectivity index (χ3n) is 10.4. The largest absolute Gasteiger partial charge is 0.472 e. The Bertz CT molecular complexity index is 1310. The number of allylic oxidation sites excluding steroid dienone is 10. The summed E-state index contributed by atoms with van der Waals surface area (Å²) in [7, 11) is -4.75. The van der Waals surface area contributed by atoms with Gasteiger partial charge < -0.3 is 24.2 Å². The van der Waals surface area contributed by atoms with E-state index in [-0.39, 0.29) is 25.9 Å². The molecule has 0 aliphatic heterocycles. The van der Waals surface area contributed by atoms with Gasteiger partial charge in [-0.3, -0.25) is 23.4 Å². The quantitative estimate of drug-likeness (QED) is 0.0197. The van der Waals surface area contributed by atoms with Gasteiger partial charge in [0.25, 0.3) is 0 Å². The Morgan fingerprint density at radius 2 is 0.844 bits per heavy atom. The first-order valence-electron chi connectivity index (χ1n) is 25.2. The molecule has 11 nitrogen and oxygen atoms in total. The van der Waals surface area contributed by atoms with Crippen LogP contribution in [-0.2, 0) is 42.2 Å². The Kier molecular flexibility index (Phi) is 44.6. The van der Waals surface area contributed by atoms with Gasteiger partial charge in [-0.2, -0.15) is 0 Å². The van der Waals surface area contributed by atoms with Crippen LogP contribution in [0.5, 0.6) is 0 Å². The van der Waals surface area contributed by atoms with Crippen molar-refractivity contribution in [2.24, 2.45) is 0 Å². The summed E-state index contributed by atoms with van der Waals surface area (Å²) in [5.74, 6) is -1.56. The second-order valence-corrected chi connectivity index (χ2v) is 18.1. The molecule has 64 heavy (non-hydrogen) atoms. The zero-order valence-corrected chi connectivity index (χ0v) is 41.4. The summed E-state index contributed by atoms with van der Waals surface area (Å²) in [4.78, 5) is 48.1. The number of aliphatic hydroxyl groups excluding tert-OH is 1. The van der Waals surface area contributed by atoms with Gasteiger partial charge in [0.15, 0.2) is 6.10 Å². The minimum atomic E-state index is -4.75. The van der Waals surface area contributed by atoms with Gasteiger partial charge >= 0.3 is 25.7 Å². The molecule has 0 bridgehead atoms. The van der Waals surface area contributed by atoms with E-state index < -0.39 is 57.8 Å². The van der Waals surface area contributed by atoms with Gasteiger partial charge in [-0.25, -0.2) is 4.57 Å². The van der Waals surface area contributed by atoms with E-state index in [4.69, 9.17) is 23.3 Å². The molecule has 0 saturated carbocycles. The summed E-state index contributed by atoms with van der Waals surface area (Å²) in [6, 6.07) is 0. The standard InChI is InChI=1S/C52H91O11P/c1-4-7-10-13-16-19-21-23-24-26-28-31-34-37-40-43-52(56)63-49(45-59-50(54)41-38-35-32-29-18-15-12-9-6-3)47-61-64(57,58)60-46-48(44-53)62-51(55)42-39-36-33-30-27-25-22-20-17-14-11-8-5-2/h8,11,17,20,23-25,27,33,36,48-49,53H,4-7,9-10,12-16,18-19,21-22,26,28-32,34-35,37-47H2,1-3H3,(H,57,58)/b11-8-,20-17-,24-23-,27-25-,36-33-. The highest BCUT2D eigenvalue weighted by atomic mass is 31.2. The van der Waals surface area contributed by atoms with E-state index in [1.807, 2.05) is 18.2 Å². The summed E-state index contributed by atoms with van der Waals surface area (Å²) < 4.78 is 39.2. The maximum atomic E-state index is 12.8. The molecule has 12 heteroatoms. The molecule has 3 atom stereocenters. The molecule has 0 amide bonds. The number of unbranched alkanes of at least 4 members (excludes halogenated alkanes) is 19. The molecule has 0 aliphatic carbocycles. The Hall–Kier alpha value is -2.82. The highest BCUT2D eigenvalue weighted by molar-refractivity contribution is 7.47. The van der Waals surface area contributed by atoms with Crippen LogP contribution in [0.1, 0.15) is 213 Å². The minimum absolute atomic E-state index is 0.0555. The number of aliphatic hydroxyl groups is 1. The molecule has 0 aromatic rings. The fraction of sp³-hybridized carbons (Fsp3) is 0.750. The van der Waals surface area contributed by atoms with Crippen LogP contribution in [-0.4, -0.2) is 66.5 Å². The van der Waals surface area contributed by atoms with Crippen LogP contribution in [0.4, 0.5) is 0 Å². The van der Waals surface area contributed by atoms with Crippen molar-refractivity contribution in [1.29, 1.82) is 0 Å². The Labute approximate surface area is 389 Å². The molecule has 0 radical (unpaired) electrons. The predicted octanol–water partition coefficient (Wildman–Crippen LogP) is 14.0. The molecular formula is C52H91O11P. The summed E-state index contributed by atoms with van der Waals surface area (Å²) in [5.41, 5.74) is 0. The Balaban J connectivity index is 4.78. The molecule has 0 aliphatic rings. The van der Waals surface area contributed by atoms with Gasteiger partial charge in [-0.15, -0.1) is 0 Å². The van der Waals surface area contributed by atoms with Crippen molar-refractivity contribution in [3.05, 3.63) is 60.8 Å². The second-order valence-electron chi connectivity index (χ2n) is 16.6. The fourth-order valence-corrected chi connectivity index (χ4v) is 7.38. The molecule has 0 spiro atoms. The number of carbonyl (C=O) groups excluding carboxylic acids is 3. The van der Waals surface area contributed by atoms with E-state index in [0.29, 0.717) is 19.3 Å². The minimum Gasteiger partial charge on any atom is -0.462 e. The smallest absolute Gasteiger partial charge is 0.462 e. The molecule has 0 fully saturated rings. The molecule has 3 unspecified atom stereocenters. The average molecular weight is 923 g/mol. The number of phosphoric acid groups is 1. The highest BCUT2D eigenvalue weighted by Gasteiger charge is 2.28. The van der Waals surface area contributed by atoms with Crippen LogP contribution < -0.4 is 0 Å². The maximum Gasteiger partial charge on any atom is 0.472 e. The van der Waals surface area contributed by atoms with Crippen LogP contribution in [0.25, 0.3) is 0 Å². The van der Waals surface area contributed by atoms with E-state index in [9.17, 15) is 28.9 Å². The van der Waals surface area contributed by atoms with E-state index in [0.717, 1.165) is 83.5 Å². The first-order valence-corrected chi connectivity index (χ1v) is 26.7. The summed E-state index contributed by atoms with van der Waals surface area (Å²) in [6.07, 6.45) is 47.9. The fourth-order valence-electron chi connectivity index (χ4n) is 6.60. The van der Waals surface area contributed by atoms with Crippen molar-refractivity contribution in [3.8, 4) is 0 Å². The van der Waals surface area contributed by atoms with E-state index in [2.05, 4.69) is 63.3 Å². The number of ether oxygens (including phenoxy) is 3. The lowest BCUT2D eigenvalue weighted by Gasteiger charge is -2.21. The van der Waals surface area contributed by atoms with Gasteiger partial charge in [-0.1, -0.05) is 184 Å². The summed E-state index contributed by atoms with van der Waals surface area (Å²) in [5, 5.41) is 9.74. The van der Waals surface area contributed by atoms with Crippen LogP contribution in [0.2, 0.25) is 0 Å². The molecule has 0 heterocycles. The number of phosphoric ester groups is 1. The lowest BCUT2D eigenvalue weighted by atomic mass is 10.1. The molecular weight excluding hydrogens is 832 g/mol. The van der Waals surface area contributed by atoms with E-state index in [1.54, 1.807) is 0 Å². The molecule has 370 valence electrons. The van der Waals surface area contributed by atoms with Gasteiger partial charge in [0, 0.05) is 19.3 Å². The Morgan fingerprint density at radius 1 is 0.453 bits per heavy atom. The van der Waals surface area contributed by atoms with Gasteiger partial charge in [0.2, 0.25) is 0 Å². The second kappa shape index (κ2) is 46.7. The summed E-state index contributed by atoms with van der Waals surface area (Å²) in [6.45, 7) is 4.39. The molecule has 0 saturated heterocycles. The molecule has 0 aromatic carbocycles. The number of rotatable bonds is 46. The van der Waals surface area contributed by atoms with Crippen molar-refractivity contribution in [2.75, 3.05) is 26.4 Å². The van der Waals surface area contributed by atoms with E-state index >= 15 is 0 Å². The third-order valence-corrected chi connectivity index (χ3v) is 11.4. The van der Waals surface area contributed by atoms with Gasteiger partial charge in [0.05, 0.1) is 19.8 Å². The number of hydrogen-bond donors (Lipinski definition) is 2. The first-order chi connectivity index (χ1) is 31.2. The van der Waals surface area contributed by atoms with Crippen LogP contribution in [0.3, 0.4) is 0 Å². The topological polar surface area (TPSA) is 155 Å². The SMILES string of the molecule is CC/C=C\C/C=C\C/C=C\C/C=C\CCC(=O)OC(CO)COP(=O)(O)OCC(COC(=O)CCCCCCCCCCC)OC(=O)CCCCCCC/C=C\CCCCCCCC. The third kappa shape index (κ3) is 44.4. The predicted molar refractivity (Wildman–Crippen MR) is 261 cm³/mol. The zero-order valence-electron chi connectivity index (χ0n) is 40.5. The van der Waals surface area contributed by atoms with Crippen molar-refractivity contribution in [3.63, 3.8) is 0 Å². The van der Waals surface area contributed by atoms with Crippen LogP contribution in [0.15, 0.2) is 60.8 Å². The monoisotopic (exact) mass is 923 g/mol. The number of hydrogen-bond acceptors (Lipinski definition) is 10. The number of carbonyl (C=O) groups is 3. The highest BCUT2D eigenvalue weighted by Crippen LogP contribution is 2.43. The zero-order chi connectivity index (χ0) is 47.0. The van der Waals surface area contributed by atoms with Crippen LogP contribution >= 0.6 is 7.82 Å². The first kappa shape index (κ1) is 61.2. The summed E-state index contributed by atoms with van der Waals surface area (Å²) >= 11 is 0. The molecule has 0 rings (SSSR count). The van der Waals surface area contributed by atoms with Crippen LogP contribution in [0, 0.1) is 0 Å². The van der Waals surface area contributed by atoms with Crippen molar-refractivity contribution in [2.45, 2.75) is 226 Å².